The third-order valence-corrected chi connectivity index (χ3v) is 6.26. The number of carbonyl (C=O) groups excluding carboxylic acids is 2. The largest absolute Gasteiger partial charge is 0.366 e. The van der Waals surface area contributed by atoms with Gasteiger partial charge in [-0.1, -0.05) is 18.6 Å². The second-order valence-electron chi connectivity index (χ2n) is 7.90. The first-order valence-electron chi connectivity index (χ1n) is 9.49. The first-order chi connectivity index (χ1) is 12.0. The minimum absolute atomic E-state index is 0.108. The molecule has 3 fully saturated rings. The summed E-state index contributed by atoms with van der Waals surface area (Å²) in [7, 11) is 0. The van der Waals surface area contributed by atoms with E-state index in [-0.39, 0.29) is 5.92 Å². The summed E-state index contributed by atoms with van der Waals surface area (Å²) in [4.78, 5) is 28.8. The van der Waals surface area contributed by atoms with E-state index in [0.29, 0.717) is 23.4 Å². The fourth-order valence-corrected chi connectivity index (χ4v) is 4.34. The molecule has 1 aromatic carbocycles. The molecule has 3 aliphatic rings. The molecule has 2 saturated carbocycles. The Hall–Kier alpha value is -1.88. The van der Waals surface area contributed by atoms with Crippen LogP contribution in [0.4, 0.5) is 0 Å². The van der Waals surface area contributed by atoms with Crippen LogP contribution in [0.2, 0.25) is 0 Å². The Morgan fingerprint density at radius 2 is 1.84 bits per heavy atom. The van der Waals surface area contributed by atoms with Gasteiger partial charge in [0, 0.05) is 43.2 Å². The number of rotatable bonds is 4. The third kappa shape index (κ3) is 3.17. The van der Waals surface area contributed by atoms with E-state index in [1.807, 2.05) is 12.1 Å². The number of amides is 2. The van der Waals surface area contributed by atoms with E-state index in [9.17, 15) is 9.59 Å². The molecule has 5 nitrogen and oxygen atoms in total. The third-order valence-electron chi connectivity index (χ3n) is 6.26. The van der Waals surface area contributed by atoms with Gasteiger partial charge in [0.2, 0.25) is 11.8 Å². The molecule has 2 aliphatic carbocycles. The molecule has 2 amide bonds. The number of nitrogens with two attached hydrogens (primary N) is 1. The standard InChI is InChI=1S/C20H27N3O2/c1-13-12-22(16-3-2-4-16)9-10-23(13)20(25)18-11-17(18)14-5-7-15(8-6-14)19(21)24/h5-8,13,16-18H,2-4,9-12H2,1H3,(H2,21,24)/t13-,17?,18+/m1/s1. The molecule has 134 valence electrons. The molecule has 1 aliphatic heterocycles. The highest BCUT2D eigenvalue weighted by atomic mass is 16.2. The van der Waals surface area contributed by atoms with Gasteiger partial charge >= 0.3 is 0 Å². The normalized spacial score (nSPS) is 30.0. The van der Waals surface area contributed by atoms with Crippen LogP contribution in [0.1, 0.15) is 54.4 Å². The molecular formula is C20H27N3O2. The van der Waals surface area contributed by atoms with Gasteiger partial charge in [-0.05, 0) is 49.8 Å². The number of nitrogens with zero attached hydrogens (tertiary/aromatic N) is 2. The lowest BCUT2D eigenvalue weighted by atomic mass is 9.90. The Morgan fingerprint density at radius 3 is 2.40 bits per heavy atom. The molecule has 1 unspecified atom stereocenters. The summed E-state index contributed by atoms with van der Waals surface area (Å²) in [6, 6.07) is 8.47. The van der Waals surface area contributed by atoms with Crippen LogP contribution in [0.25, 0.3) is 0 Å². The van der Waals surface area contributed by atoms with Gasteiger partial charge in [-0.2, -0.15) is 0 Å². The van der Waals surface area contributed by atoms with E-state index in [2.05, 4.69) is 16.7 Å². The first-order valence-corrected chi connectivity index (χ1v) is 9.49. The average molecular weight is 341 g/mol. The van der Waals surface area contributed by atoms with Crippen molar-refractivity contribution in [2.75, 3.05) is 19.6 Å². The van der Waals surface area contributed by atoms with Gasteiger partial charge in [0.1, 0.15) is 0 Å². The highest BCUT2D eigenvalue weighted by Gasteiger charge is 2.47. The zero-order chi connectivity index (χ0) is 17.6. The van der Waals surface area contributed by atoms with Crippen LogP contribution >= 0.6 is 0 Å². The van der Waals surface area contributed by atoms with Crippen molar-refractivity contribution < 1.29 is 9.59 Å². The van der Waals surface area contributed by atoms with Crippen molar-refractivity contribution in [1.82, 2.24) is 9.80 Å². The van der Waals surface area contributed by atoms with E-state index in [0.717, 1.165) is 37.7 Å². The van der Waals surface area contributed by atoms with Crippen molar-refractivity contribution in [1.29, 1.82) is 0 Å². The quantitative estimate of drug-likeness (QED) is 0.910. The second kappa shape index (κ2) is 6.45. The maximum atomic E-state index is 12.9. The molecule has 4 rings (SSSR count). The number of benzene rings is 1. The van der Waals surface area contributed by atoms with Gasteiger partial charge in [-0.25, -0.2) is 0 Å². The monoisotopic (exact) mass is 341 g/mol. The Balaban J connectivity index is 1.35. The topological polar surface area (TPSA) is 66.6 Å². The summed E-state index contributed by atoms with van der Waals surface area (Å²) in [5, 5.41) is 0. The van der Waals surface area contributed by atoms with Crippen molar-refractivity contribution in [3.63, 3.8) is 0 Å². The Bertz CT molecular complexity index is 668. The summed E-state index contributed by atoms with van der Waals surface area (Å²) >= 11 is 0. The number of hydrogen-bond donors (Lipinski definition) is 1. The molecule has 0 aromatic heterocycles. The number of piperazine rings is 1. The summed E-state index contributed by atoms with van der Waals surface area (Å²) in [6.07, 6.45) is 4.93. The molecule has 3 atom stereocenters. The summed E-state index contributed by atoms with van der Waals surface area (Å²) in [5.41, 5.74) is 6.95. The molecule has 25 heavy (non-hydrogen) atoms. The molecule has 1 heterocycles. The Kier molecular flexibility index (Phi) is 4.28. The van der Waals surface area contributed by atoms with E-state index in [4.69, 9.17) is 5.73 Å². The van der Waals surface area contributed by atoms with Crippen molar-refractivity contribution >= 4 is 11.8 Å². The molecule has 1 saturated heterocycles. The van der Waals surface area contributed by atoms with Crippen LogP contribution < -0.4 is 5.73 Å². The van der Waals surface area contributed by atoms with Gasteiger partial charge < -0.3 is 10.6 Å². The summed E-state index contributed by atoms with van der Waals surface area (Å²) in [6.45, 7) is 5.08. The molecular weight excluding hydrogens is 314 g/mol. The summed E-state index contributed by atoms with van der Waals surface area (Å²) in [5.74, 6) is 0.307. The lowest BCUT2D eigenvalue weighted by molar-refractivity contribution is -0.138. The zero-order valence-electron chi connectivity index (χ0n) is 14.9. The lowest BCUT2D eigenvalue weighted by Gasteiger charge is -2.46. The smallest absolute Gasteiger partial charge is 0.248 e. The zero-order valence-corrected chi connectivity index (χ0v) is 14.9. The second-order valence-corrected chi connectivity index (χ2v) is 7.90. The van der Waals surface area contributed by atoms with Crippen LogP contribution in [0.5, 0.6) is 0 Å². The minimum atomic E-state index is -0.409. The molecule has 0 bridgehead atoms. The van der Waals surface area contributed by atoms with Crippen molar-refractivity contribution in [3.05, 3.63) is 35.4 Å². The molecule has 0 spiro atoms. The molecule has 1 aromatic rings. The predicted molar refractivity (Wildman–Crippen MR) is 96.2 cm³/mol. The van der Waals surface area contributed by atoms with Gasteiger partial charge in [-0.15, -0.1) is 0 Å². The first kappa shape index (κ1) is 16.6. The SMILES string of the molecule is C[C@@H]1CN(C2CCC2)CCN1C(=O)[C@H]1CC1c1ccc(C(N)=O)cc1. The fraction of sp³-hybridized carbons (Fsp3) is 0.600. The maximum absolute atomic E-state index is 12.9. The number of hydrogen-bond acceptors (Lipinski definition) is 3. The van der Waals surface area contributed by atoms with Gasteiger partial charge in [0.05, 0.1) is 0 Å². The van der Waals surface area contributed by atoms with E-state index in [1.165, 1.54) is 19.3 Å². The average Bonchev–Trinajstić information content (AvgIpc) is 3.33. The Morgan fingerprint density at radius 1 is 1.12 bits per heavy atom. The van der Waals surface area contributed by atoms with Crippen LogP contribution in [0, 0.1) is 5.92 Å². The maximum Gasteiger partial charge on any atom is 0.248 e. The number of carbonyl (C=O) groups is 2. The minimum Gasteiger partial charge on any atom is -0.366 e. The predicted octanol–water partition coefficient (Wildman–Crippen LogP) is 1.97. The molecule has 5 heteroatoms. The highest BCUT2D eigenvalue weighted by molar-refractivity contribution is 5.92. The fourth-order valence-electron chi connectivity index (χ4n) is 4.34. The lowest BCUT2D eigenvalue weighted by Crippen LogP contribution is -2.58. The van der Waals surface area contributed by atoms with Crippen LogP contribution in [-0.4, -0.2) is 53.3 Å². The molecule has 0 radical (unpaired) electrons. The van der Waals surface area contributed by atoms with Gasteiger partial charge in [0.25, 0.3) is 0 Å². The van der Waals surface area contributed by atoms with Crippen molar-refractivity contribution in [2.45, 2.75) is 50.6 Å². The van der Waals surface area contributed by atoms with Crippen molar-refractivity contribution in [3.8, 4) is 0 Å². The highest BCUT2D eigenvalue weighted by Crippen LogP contribution is 2.48. The van der Waals surface area contributed by atoms with Crippen LogP contribution in [0.3, 0.4) is 0 Å². The van der Waals surface area contributed by atoms with Crippen LogP contribution in [-0.2, 0) is 4.79 Å². The van der Waals surface area contributed by atoms with E-state index in [1.54, 1.807) is 12.1 Å². The van der Waals surface area contributed by atoms with E-state index < -0.39 is 5.91 Å². The Labute approximate surface area is 149 Å². The summed E-state index contributed by atoms with van der Waals surface area (Å²) < 4.78 is 0. The van der Waals surface area contributed by atoms with E-state index >= 15 is 0 Å². The van der Waals surface area contributed by atoms with Gasteiger partial charge in [0.15, 0.2) is 0 Å². The number of primary amides is 1. The van der Waals surface area contributed by atoms with Crippen molar-refractivity contribution in [2.24, 2.45) is 11.7 Å². The van der Waals surface area contributed by atoms with Crippen LogP contribution in [0.15, 0.2) is 24.3 Å². The van der Waals surface area contributed by atoms with Gasteiger partial charge in [-0.3, -0.25) is 14.5 Å². The molecule has 2 N–H and O–H groups in total.